The second-order valence-electron chi connectivity index (χ2n) is 6.12. The van der Waals surface area contributed by atoms with Crippen molar-refractivity contribution >= 4 is 23.6 Å². The number of nitrogens with zero attached hydrogens (tertiary/aromatic N) is 1. The predicted octanol–water partition coefficient (Wildman–Crippen LogP) is 3.58. The third kappa shape index (κ3) is 3.49. The Labute approximate surface area is 163 Å². The summed E-state index contributed by atoms with van der Waals surface area (Å²) in [5, 5.41) is 0. The number of methoxy groups -OCH3 is 3. The number of carbonyl (C=O) groups excluding carboxylic acids is 2. The Morgan fingerprint density at radius 3 is 1.93 bits per heavy atom. The number of hydrogen-bond donors (Lipinski definition) is 0. The third-order valence-corrected chi connectivity index (χ3v) is 4.55. The van der Waals surface area contributed by atoms with Crippen LogP contribution in [-0.2, 0) is 14.3 Å². The smallest absolute Gasteiger partial charge is 0.340 e. The fourth-order valence-corrected chi connectivity index (χ4v) is 3.09. The maximum atomic E-state index is 13.2. The first-order valence-corrected chi connectivity index (χ1v) is 8.64. The largest absolute Gasteiger partial charge is 0.497 e. The quantitative estimate of drug-likeness (QED) is 0.587. The van der Waals surface area contributed by atoms with Crippen molar-refractivity contribution in [2.24, 2.45) is 0 Å². The van der Waals surface area contributed by atoms with Crippen LogP contribution < -0.4 is 14.4 Å². The van der Waals surface area contributed by atoms with Gasteiger partial charge >= 0.3 is 5.97 Å². The molecule has 0 saturated carbocycles. The van der Waals surface area contributed by atoms with Crippen molar-refractivity contribution in [3.05, 3.63) is 70.9 Å². The molecule has 1 aliphatic heterocycles. The van der Waals surface area contributed by atoms with Gasteiger partial charge in [-0.05, 0) is 55.0 Å². The van der Waals surface area contributed by atoms with Crippen molar-refractivity contribution in [3.8, 4) is 11.5 Å². The zero-order chi connectivity index (χ0) is 20.3. The van der Waals surface area contributed by atoms with Crippen LogP contribution in [0.1, 0.15) is 12.5 Å². The first-order chi connectivity index (χ1) is 13.5. The van der Waals surface area contributed by atoms with Gasteiger partial charge in [-0.1, -0.05) is 12.1 Å². The third-order valence-electron chi connectivity index (χ3n) is 4.55. The number of ether oxygens (including phenoxy) is 3. The van der Waals surface area contributed by atoms with E-state index in [-0.39, 0.29) is 17.1 Å². The Balaban J connectivity index is 2.07. The van der Waals surface area contributed by atoms with Gasteiger partial charge in [0.05, 0.1) is 32.5 Å². The molecule has 0 saturated heterocycles. The van der Waals surface area contributed by atoms with Gasteiger partial charge in [0.15, 0.2) is 0 Å². The van der Waals surface area contributed by atoms with Crippen molar-refractivity contribution in [2.75, 3.05) is 26.2 Å². The molecule has 28 heavy (non-hydrogen) atoms. The molecule has 0 unspecified atom stereocenters. The summed E-state index contributed by atoms with van der Waals surface area (Å²) in [5.41, 5.74) is 2.46. The molecule has 0 aromatic heterocycles. The molecule has 3 rings (SSSR count). The molecule has 0 spiro atoms. The van der Waals surface area contributed by atoms with Crippen LogP contribution in [0, 0.1) is 0 Å². The predicted molar refractivity (Wildman–Crippen MR) is 106 cm³/mol. The molecule has 1 heterocycles. The Hall–Kier alpha value is -3.54. The minimum absolute atomic E-state index is 0.249. The van der Waals surface area contributed by atoms with E-state index in [4.69, 9.17) is 14.2 Å². The van der Waals surface area contributed by atoms with E-state index in [9.17, 15) is 9.59 Å². The maximum Gasteiger partial charge on any atom is 0.340 e. The number of hydrogen-bond acceptors (Lipinski definition) is 5. The standard InChI is InChI=1S/C22H21NO5/c1-14-20(22(25)28-4)19(13-15-5-9-17(26-2)10-6-15)21(24)23(14)16-7-11-18(27-3)12-8-16/h5-13H,1-4H3. The molecule has 0 fully saturated rings. The number of amides is 1. The van der Waals surface area contributed by atoms with Gasteiger partial charge < -0.3 is 14.2 Å². The van der Waals surface area contributed by atoms with Crippen molar-refractivity contribution in [2.45, 2.75) is 6.92 Å². The molecule has 1 aliphatic rings. The minimum Gasteiger partial charge on any atom is -0.497 e. The number of carbonyl (C=O) groups is 2. The average Bonchev–Trinajstić information content (AvgIpc) is 2.97. The van der Waals surface area contributed by atoms with Crippen molar-refractivity contribution in [3.63, 3.8) is 0 Å². The van der Waals surface area contributed by atoms with Crippen LogP contribution in [0.3, 0.4) is 0 Å². The van der Waals surface area contributed by atoms with Crippen LogP contribution in [0.4, 0.5) is 5.69 Å². The summed E-state index contributed by atoms with van der Waals surface area (Å²) in [6.45, 7) is 1.73. The fourth-order valence-electron chi connectivity index (χ4n) is 3.09. The molecule has 6 heteroatoms. The molecule has 0 atom stereocenters. The Kier molecular flexibility index (Phi) is 5.49. The van der Waals surface area contributed by atoms with E-state index in [1.807, 2.05) is 12.1 Å². The highest BCUT2D eigenvalue weighted by molar-refractivity contribution is 6.23. The molecule has 0 bridgehead atoms. The van der Waals surface area contributed by atoms with Crippen LogP contribution in [0.5, 0.6) is 11.5 Å². The lowest BCUT2D eigenvalue weighted by Crippen LogP contribution is -2.24. The lowest BCUT2D eigenvalue weighted by molar-refractivity contribution is -0.136. The summed E-state index contributed by atoms with van der Waals surface area (Å²) >= 11 is 0. The van der Waals surface area contributed by atoms with Crippen LogP contribution in [-0.4, -0.2) is 33.2 Å². The highest BCUT2D eigenvalue weighted by Gasteiger charge is 2.37. The van der Waals surface area contributed by atoms with Crippen LogP contribution in [0.15, 0.2) is 65.4 Å². The van der Waals surface area contributed by atoms with Crippen LogP contribution in [0.25, 0.3) is 6.08 Å². The zero-order valence-electron chi connectivity index (χ0n) is 16.2. The Bertz CT molecular complexity index is 955. The van der Waals surface area contributed by atoms with E-state index in [0.29, 0.717) is 22.9 Å². The number of anilines is 1. The van der Waals surface area contributed by atoms with E-state index >= 15 is 0 Å². The lowest BCUT2D eigenvalue weighted by atomic mass is 10.0. The minimum atomic E-state index is -0.554. The van der Waals surface area contributed by atoms with E-state index in [1.165, 1.54) is 12.0 Å². The van der Waals surface area contributed by atoms with Gasteiger partial charge in [-0.15, -0.1) is 0 Å². The van der Waals surface area contributed by atoms with Gasteiger partial charge in [-0.3, -0.25) is 9.69 Å². The molecule has 0 N–H and O–H groups in total. The van der Waals surface area contributed by atoms with Crippen LogP contribution in [0.2, 0.25) is 0 Å². The maximum absolute atomic E-state index is 13.2. The molecule has 6 nitrogen and oxygen atoms in total. The summed E-state index contributed by atoms with van der Waals surface area (Å²) in [6, 6.07) is 14.3. The van der Waals surface area contributed by atoms with Crippen molar-refractivity contribution < 1.29 is 23.8 Å². The molecule has 1 amide bonds. The van der Waals surface area contributed by atoms with Gasteiger partial charge in [-0.25, -0.2) is 4.79 Å². The fraction of sp³-hybridized carbons (Fsp3) is 0.182. The molecule has 0 radical (unpaired) electrons. The first-order valence-electron chi connectivity index (χ1n) is 8.64. The summed E-state index contributed by atoms with van der Waals surface area (Å²) in [5.74, 6) is 0.541. The normalized spacial score (nSPS) is 15.2. The van der Waals surface area contributed by atoms with E-state index in [0.717, 1.165) is 5.56 Å². The van der Waals surface area contributed by atoms with Crippen molar-refractivity contribution in [1.82, 2.24) is 0 Å². The summed E-state index contributed by atoms with van der Waals surface area (Å²) in [7, 11) is 4.46. The summed E-state index contributed by atoms with van der Waals surface area (Å²) < 4.78 is 15.2. The lowest BCUT2D eigenvalue weighted by Gasteiger charge is -2.18. The van der Waals surface area contributed by atoms with Crippen LogP contribution >= 0.6 is 0 Å². The Morgan fingerprint density at radius 1 is 0.893 bits per heavy atom. The van der Waals surface area contributed by atoms with E-state index in [2.05, 4.69) is 0 Å². The highest BCUT2D eigenvalue weighted by atomic mass is 16.5. The molecule has 2 aromatic rings. The van der Waals surface area contributed by atoms with Gasteiger partial charge in [0.1, 0.15) is 11.5 Å². The second kappa shape index (κ2) is 8.00. The number of esters is 1. The summed E-state index contributed by atoms with van der Waals surface area (Å²) in [4.78, 5) is 27.1. The van der Waals surface area contributed by atoms with Gasteiger partial charge in [-0.2, -0.15) is 0 Å². The topological polar surface area (TPSA) is 65.1 Å². The average molecular weight is 379 g/mol. The molecule has 2 aromatic carbocycles. The monoisotopic (exact) mass is 379 g/mol. The molecular formula is C22H21NO5. The number of allylic oxidation sites excluding steroid dienone is 1. The van der Waals surface area contributed by atoms with E-state index in [1.54, 1.807) is 63.6 Å². The van der Waals surface area contributed by atoms with Gasteiger partial charge in [0.2, 0.25) is 0 Å². The molecule has 144 valence electrons. The first kappa shape index (κ1) is 19.2. The Morgan fingerprint density at radius 2 is 1.43 bits per heavy atom. The number of rotatable bonds is 5. The van der Waals surface area contributed by atoms with E-state index < -0.39 is 5.97 Å². The van der Waals surface area contributed by atoms with Crippen molar-refractivity contribution in [1.29, 1.82) is 0 Å². The highest BCUT2D eigenvalue weighted by Crippen LogP contribution is 2.36. The van der Waals surface area contributed by atoms with Gasteiger partial charge in [0, 0.05) is 11.4 Å². The molecule has 0 aliphatic carbocycles. The summed E-state index contributed by atoms with van der Waals surface area (Å²) in [6.07, 6.45) is 1.68. The van der Waals surface area contributed by atoms with Gasteiger partial charge in [0.25, 0.3) is 5.91 Å². The second-order valence-corrected chi connectivity index (χ2v) is 6.12. The zero-order valence-corrected chi connectivity index (χ0v) is 16.2. The molecular weight excluding hydrogens is 358 g/mol. The SMILES string of the molecule is COC(=O)C1=C(C)N(c2ccc(OC)cc2)C(=O)C1=Cc1ccc(OC)cc1. The number of benzene rings is 2.